The lowest BCUT2D eigenvalue weighted by Gasteiger charge is -2.34. The monoisotopic (exact) mass is 507 g/mol. The molecule has 3 aromatic rings. The van der Waals surface area contributed by atoms with Gasteiger partial charge in [-0.1, -0.05) is 0 Å². The second-order valence-corrected chi connectivity index (χ2v) is 9.03. The van der Waals surface area contributed by atoms with Crippen LogP contribution in [0.2, 0.25) is 0 Å². The molecule has 4 rings (SSSR count). The minimum Gasteiger partial charge on any atom is -0.486 e. The van der Waals surface area contributed by atoms with Crippen molar-refractivity contribution in [1.29, 1.82) is 5.26 Å². The van der Waals surface area contributed by atoms with E-state index >= 15 is 0 Å². The first kappa shape index (κ1) is 25.9. The van der Waals surface area contributed by atoms with Crippen LogP contribution in [0.4, 0.5) is 16.0 Å². The number of halogens is 1. The first-order valence-corrected chi connectivity index (χ1v) is 11.6. The van der Waals surface area contributed by atoms with Crippen molar-refractivity contribution in [2.24, 2.45) is 0 Å². The van der Waals surface area contributed by atoms with Gasteiger partial charge in [0, 0.05) is 30.4 Å². The van der Waals surface area contributed by atoms with Gasteiger partial charge in [0.2, 0.25) is 11.9 Å². The van der Waals surface area contributed by atoms with Crippen LogP contribution in [-0.4, -0.2) is 72.9 Å². The molecule has 1 amide bonds. The second kappa shape index (κ2) is 10.8. The lowest BCUT2D eigenvalue weighted by atomic mass is 10.0. The number of anilines is 2. The maximum absolute atomic E-state index is 14.6. The first-order valence-electron chi connectivity index (χ1n) is 11.6. The van der Waals surface area contributed by atoms with Gasteiger partial charge in [-0.2, -0.15) is 10.2 Å². The van der Waals surface area contributed by atoms with Gasteiger partial charge in [0.25, 0.3) is 0 Å². The van der Waals surface area contributed by atoms with E-state index in [2.05, 4.69) is 31.3 Å². The Hall–Kier alpha value is -4.21. The van der Waals surface area contributed by atoms with Crippen LogP contribution in [0, 0.1) is 11.3 Å². The van der Waals surface area contributed by atoms with E-state index < -0.39 is 30.4 Å². The third kappa shape index (κ3) is 6.14. The number of aromatic nitrogens is 4. The van der Waals surface area contributed by atoms with E-state index in [1.165, 1.54) is 11.2 Å². The lowest BCUT2D eigenvalue weighted by molar-refractivity contribution is -0.138. The molecule has 3 heterocycles. The Morgan fingerprint density at radius 3 is 2.81 bits per heavy atom. The summed E-state index contributed by atoms with van der Waals surface area (Å²) in [4.78, 5) is 29.8. The Kier molecular flexibility index (Phi) is 7.56. The van der Waals surface area contributed by atoms with Crippen molar-refractivity contribution in [1.82, 2.24) is 24.8 Å². The molecule has 37 heavy (non-hydrogen) atoms. The fourth-order valence-corrected chi connectivity index (χ4v) is 3.83. The highest BCUT2D eigenvalue weighted by atomic mass is 19.1. The van der Waals surface area contributed by atoms with Crippen LogP contribution < -0.4 is 10.1 Å². The smallest absolute Gasteiger partial charge is 0.248 e. The van der Waals surface area contributed by atoms with Gasteiger partial charge in [-0.05, 0) is 44.2 Å². The van der Waals surface area contributed by atoms with Gasteiger partial charge >= 0.3 is 0 Å². The zero-order chi connectivity index (χ0) is 26.6. The van der Waals surface area contributed by atoms with Gasteiger partial charge < -0.3 is 25.2 Å². The number of likely N-dealkylation sites (tertiary alicyclic amines) is 1. The molecule has 0 radical (unpaired) electrons. The SMILES string of the molecule is CC(C)(O)c1cc(Nc2ncnc(-c3ccc(O[C@H]4CCN(C(=O)CO)C[C@@H]4F)c(C#N)c3)n2)ccn1. The van der Waals surface area contributed by atoms with Crippen LogP contribution in [0.3, 0.4) is 0 Å². The van der Waals surface area contributed by atoms with Crippen molar-refractivity contribution in [3.05, 3.63) is 54.1 Å². The number of aliphatic hydroxyl groups is 2. The zero-order valence-corrected chi connectivity index (χ0v) is 20.3. The second-order valence-electron chi connectivity index (χ2n) is 9.03. The van der Waals surface area contributed by atoms with Crippen LogP contribution in [-0.2, 0) is 10.4 Å². The topological polar surface area (TPSA) is 157 Å². The van der Waals surface area contributed by atoms with Crippen LogP contribution in [0.25, 0.3) is 11.4 Å². The third-order valence-corrected chi connectivity index (χ3v) is 5.82. The Morgan fingerprint density at radius 2 is 2.11 bits per heavy atom. The van der Waals surface area contributed by atoms with Crippen molar-refractivity contribution in [2.45, 2.75) is 38.1 Å². The number of benzene rings is 1. The minimum absolute atomic E-state index is 0.178. The highest BCUT2D eigenvalue weighted by molar-refractivity contribution is 5.77. The Bertz CT molecular complexity index is 1320. The molecule has 2 atom stereocenters. The number of carbonyl (C=O) groups excluding carboxylic acids is 1. The first-order chi connectivity index (χ1) is 17.7. The average molecular weight is 508 g/mol. The zero-order valence-electron chi connectivity index (χ0n) is 20.3. The van der Waals surface area contributed by atoms with E-state index in [1.807, 2.05) is 0 Å². The summed E-state index contributed by atoms with van der Waals surface area (Å²) in [5, 5.41) is 31.9. The van der Waals surface area contributed by atoms with Crippen molar-refractivity contribution in [3.63, 3.8) is 0 Å². The quantitative estimate of drug-likeness (QED) is 0.432. The maximum atomic E-state index is 14.6. The van der Waals surface area contributed by atoms with Crippen LogP contribution in [0.5, 0.6) is 5.75 Å². The number of hydrogen-bond acceptors (Lipinski definition) is 10. The van der Waals surface area contributed by atoms with Crippen molar-refractivity contribution < 1.29 is 24.1 Å². The molecule has 1 fully saturated rings. The van der Waals surface area contributed by atoms with Gasteiger partial charge in [-0.25, -0.2) is 14.4 Å². The van der Waals surface area contributed by atoms with E-state index in [0.29, 0.717) is 22.8 Å². The molecule has 0 unspecified atom stereocenters. The molecule has 0 spiro atoms. The number of rotatable bonds is 7. The lowest BCUT2D eigenvalue weighted by Crippen LogP contribution is -2.50. The molecule has 11 nitrogen and oxygen atoms in total. The molecule has 2 aromatic heterocycles. The molecular formula is C25H26FN7O4. The number of carbonyl (C=O) groups is 1. The number of aliphatic hydroxyl groups excluding tert-OH is 1. The number of nitriles is 1. The van der Waals surface area contributed by atoms with E-state index in [-0.39, 0.29) is 36.8 Å². The number of pyridine rings is 1. The summed E-state index contributed by atoms with van der Waals surface area (Å²) in [7, 11) is 0. The fourth-order valence-electron chi connectivity index (χ4n) is 3.83. The van der Waals surface area contributed by atoms with Gasteiger partial charge in [0.1, 0.15) is 36.5 Å². The summed E-state index contributed by atoms with van der Waals surface area (Å²) in [5.74, 6) is 0.234. The largest absolute Gasteiger partial charge is 0.486 e. The normalized spacial score (nSPS) is 17.7. The van der Waals surface area contributed by atoms with E-state index in [0.717, 1.165) is 0 Å². The molecule has 1 aromatic carbocycles. The molecule has 0 aliphatic carbocycles. The minimum atomic E-state index is -1.46. The summed E-state index contributed by atoms with van der Waals surface area (Å²) in [5.41, 5.74) is 0.689. The van der Waals surface area contributed by atoms with Crippen LogP contribution in [0.15, 0.2) is 42.9 Å². The number of piperidine rings is 1. The van der Waals surface area contributed by atoms with E-state index in [4.69, 9.17) is 9.84 Å². The molecule has 12 heteroatoms. The summed E-state index contributed by atoms with van der Waals surface area (Å²) >= 11 is 0. The van der Waals surface area contributed by atoms with E-state index in [9.17, 15) is 19.6 Å². The number of nitrogens with one attached hydrogen (secondary N) is 1. The van der Waals surface area contributed by atoms with Crippen molar-refractivity contribution in [3.8, 4) is 23.2 Å². The molecule has 0 bridgehead atoms. The number of hydrogen-bond donors (Lipinski definition) is 3. The van der Waals surface area contributed by atoms with Crippen molar-refractivity contribution >= 4 is 17.5 Å². The molecular weight excluding hydrogens is 481 g/mol. The number of alkyl halides is 1. The van der Waals surface area contributed by atoms with Gasteiger partial charge in [-0.3, -0.25) is 9.78 Å². The molecule has 1 saturated heterocycles. The molecule has 3 N–H and O–H groups in total. The number of nitrogens with zero attached hydrogens (tertiary/aromatic N) is 6. The van der Waals surface area contributed by atoms with Crippen LogP contribution in [0.1, 0.15) is 31.5 Å². The maximum Gasteiger partial charge on any atom is 0.248 e. The highest BCUT2D eigenvalue weighted by Gasteiger charge is 2.33. The predicted molar refractivity (Wildman–Crippen MR) is 130 cm³/mol. The Morgan fingerprint density at radius 1 is 1.30 bits per heavy atom. The van der Waals surface area contributed by atoms with Gasteiger partial charge in [-0.15, -0.1) is 0 Å². The average Bonchev–Trinajstić information content (AvgIpc) is 2.89. The standard InChI is InChI=1S/C25H26FN7O4/c1-25(2,36)21-10-17(5-7-28-21)31-24-30-14-29-23(32-24)15-3-4-19(16(9-15)11-27)37-20-6-8-33(12-18(20)26)22(35)13-34/h3-5,7,9-10,14,18,20,34,36H,6,8,12-13H2,1-2H3,(H,28,29,30,31,32)/t18-,20-/m0/s1. The van der Waals surface area contributed by atoms with Crippen LogP contribution >= 0.6 is 0 Å². The number of amides is 1. The predicted octanol–water partition coefficient (Wildman–Crippen LogP) is 2.09. The summed E-state index contributed by atoms with van der Waals surface area (Å²) in [6, 6.07) is 10.2. The molecule has 1 aliphatic heterocycles. The number of ether oxygens (including phenoxy) is 1. The van der Waals surface area contributed by atoms with E-state index in [1.54, 1.807) is 50.4 Å². The van der Waals surface area contributed by atoms with Gasteiger partial charge in [0.15, 0.2) is 12.0 Å². The third-order valence-electron chi connectivity index (χ3n) is 5.82. The fraction of sp³-hybridized carbons (Fsp3) is 0.360. The molecule has 192 valence electrons. The summed E-state index contributed by atoms with van der Waals surface area (Å²) in [6.45, 7) is 2.67. The Balaban J connectivity index is 1.50. The summed E-state index contributed by atoms with van der Waals surface area (Å²) in [6.07, 6.45) is 0.826. The summed E-state index contributed by atoms with van der Waals surface area (Å²) < 4.78 is 20.4. The van der Waals surface area contributed by atoms with Crippen molar-refractivity contribution in [2.75, 3.05) is 25.0 Å². The molecule has 1 aliphatic rings. The molecule has 0 saturated carbocycles. The highest BCUT2D eigenvalue weighted by Crippen LogP contribution is 2.29. The Labute approximate surface area is 212 Å². The van der Waals surface area contributed by atoms with Gasteiger partial charge in [0.05, 0.1) is 17.8 Å².